The summed E-state index contributed by atoms with van der Waals surface area (Å²) in [6.45, 7) is 4.18. The Morgan fingerprint density at radius 1 is 1.14 bits per heavy atom. The van der Waals surface area contributed by atoms with Crippen molar-refractivity contribution in [2.24, 2.45) is 0 Å². The van der Waals surface area contributed by atoms with Crippen molar-refractivity contribution in [2.75, 3.05) is 5.32 Å². The van der Waals surface area contributed by atoms with Gasteiger partial charge in [-0.05, 0) is 43.9 Å². The third kappa shape index (κ3) is 3.99. The first-order valence-corrected chi connectivity index (χ1v) is 10.9. The lowest BCUT2D eigenvalue weighted by molar-refractivity contribution is -0.116. The van der Waals surface area contributed by atoms with Crippen molar-refractivity contribution in [3.05, 3.63) is 76.5 Å². The fourth-order valence-corrected chi connectivity index (χ4v) is 4.69. The Morgan fingerprint density at radius 2 is 1.96 bits per heavy atom. The Balaban J connectivity index is 1.51. The molecule has 2 aromatic carbocycles. The number of hydrogen-bond acceptors (Lipinski definition) is 3. The predicted octanol–water partition coefficient (Wildman–Crippen LogP) is 5.20. The van der Waals surface area contributed by atoms with Crippen LogP contribution in [0.25, 0.3) is 5.69 Å². The zero-order chi connectivity index (χ0) is 19.5. The monoisotopic (exact) mass is 391 g/mol. The molecule has 0 unspecified atom stereocenters. The highest BCUT2D eigenvalue weighted by Gasteiger charge is 2.25. The molecule has 0 saturated carbocycles. The summed E-state index contributed by atoms with van der Waals surface area (Å²) in [5.41, 5.74) is 6.94. The maximum atomic E-state index is 12.7. The largest absolute Gasteiger partial charge is 0.310 e. The topological polar surface area (TPSA) is 46.9 Å². The number of rotatable bonds is 6. The van der Waals surface area contributed by atoms with Gasteiger partial charge >= 0.3 is 0 Å². The van der Waals surface area contributed by atoms with E-state index >= 15 is 0 Å². The van der Waals surface area contributed by atoms with Gasteiger partial charge in [0.1, 0.15) is 5.82 Å². The number of fused-ring (bicyclic) bond motifs is 1. The minimum absolute atomic E-state index is 0.0570. The number of aromatic nitrogens is 2. The highest BCUT2D eigenvalue weighted by atomic mass is 32.2. The molecule has 1 N–H and O–H groups in total. The van der Waals surface area contributed by atoms with Gasteiger partial charge < -0.3 is 5.32 Å². The van der Waals surface area contributed by atoms with Crippen LogP contribution in [0, 0.1) is 13.8 Å². The minimum Gasteiger partial charge on any atom is -0.310 e. The van der Waals surface area contributed by atoms with Crippen molar-refractivity contribution in [3.63, 3.8) is 0 Å². The fourth-order valence-electron chi connectivity index (χ4n) is 3.65. The molecule has 1 aliphatic rings. The van der Waals surface area contributed by atoms with Crippen LogP contribution in [-0.2, 0) is 22.7 Å². The number of anilines is 1. The first-order chi connectivity index (χ1) is 13.6. The maximum absolute atomic E-state index is 12.7. The molecule has 0 bridgehead atoms. The molecule has 4 nitrogen and oxygen atoms in total. The highest BCUT2D eigenvalue weighted by Crippen LogP contribution is 2.36. The van der Waals surface area contributed by atoms with Crippen LogP contribution in [0.4, 0.5) is 5.82 Å². The second kappa shape index (κ2) is 8.23. The van der Waals surface area contributed by atoms with E-state index in [0.717, 1.165) is 47.1 Å². The first kappa shape index (κ1) is 18.8. The predicted molar refractivity (Wildman–Crippen MR) is 116 cm³/mol. The first-order valence-electron chi connectivity index (χ1n) is 9.72. The number of thioether (sulfide) groups is 1. The summed E-state index contributed by atoms with van der Waals surface area (Å²) >= 11 is 1.85. The van der Waals surface area contributed by atoms with Crippen molar-refractivity contribution in [2.45, 2.75) is 44.6 Å². The summed E-state index contributed by atoms with van der Waals surface area (Å²) in [4.78, 5) is 12.7. The lowest BCUT2D eigenvalue weighted by Crippen LogP contribution is -2.16. The summed E-state index contributed by atoms with van der Waals surface area (Å²) in [5, 5.41) is 7.98. The van der Waals surface area contributed by atoms with E-state index in [4.69, 9.17) is 5.10 Å². The van der Waals surface area contributed by atoms with Gasteiger partial charge in [0, 0.05) is 23.5 Å². The van der Waals surface area contributed by atoms with Crippen LogP contribution >= 0.6 is 11.8 Å². The van der Waals surface area contributed by atoms with Crippen molar-refractivity contribution in [1.82, 2.24) is 9.78 Å². The van der Waals surface area contributed by atoms with Crippen LogP contribution in [0.15, 0.2) is 48.5 Å². The summed E-state index contributed by atoms with van der Waals surface area (Å²) in [6.07, 6.45) is 2.26. The summed E-state index contributed by atoms with van der Waals surface area (Å²) in [6, 6.07) is 16.7. The number of aryl methyl sites for hydroxylation is 3. The number of benzene rings is 2. The van der Waals surface area contributed by atoms with Gasteiger partial charge in [-0.15, -0.1) is 0 Å². The zero-order valence-corrected chi connectivity index (χ0v) is 17.2. The van der Waals surface area contributed by atoms with Gasteiger partial charge in [-0.1, -0.05) is 48.0 Å². The average Bonchev–Trinajstić information content (AvgIpc) is 3.26. The van der Waals surface area contributed by atoms with E-state index < -0.39 is 0 Å². The molecule has 3 aromatic rings. The van der Waals surface area contributed by atoms with Crippen molar-refractivity contribution in [1.29, 1.82) is 0 Å². The number of carbonyl (C=O) groups is 1. The van der Waals surface area contributed by atoms with E-state index in [-0.39, 0.29) is 5.91 Å². The zero-order valence-electron chi connectivity index (χ0n) is 16.4. The summed E-state index contributed by atoms with van der Waals surface area (Å²) in [5.74, 6) is 2.71. The van der Waals surface area contributed by atoms with E-state index in [1.807, 2.05) is 34.6 Å². The second-order valence-electron chi connectivity index (χ2n) is 7.36. The van der Waals surface area contributed by atoms with E-state index in [2.05, 4.69) is 49.5 Å². The summed E-state index contributed by atoms with van der Waals surface area (Å²) < 4.78 is 1.92. The third-order valence-corrected chi connectivity index (χ3v) is 6.07. The number of nitrogens with one attached hydrogen (secondary N) is 1. The van der Waals surface area contributed by atoms with Gasteiger partial charge in [-0.2, -0.15) is 16.9 Å². The maximum Gasteiger partial charge on any atom is 0.225 e. The van der Waals surface area contributed by atoms with Gasteiger partial charge in [0.15, 0.2) is 0 Å². The molecule has 144 valence electrons. The Bertz CT molecular complexity index is 995. The van der Waals surface area contributed by atoms with Crippen LogP contribution < -0.4 is 5.32 Å². The van der Waals surface area contributed by atoms with Crippen LogP contribution in [-0.4, -0.2) is 15.7 Å². The van der Waals surface area contributed by atoms with Crippen LogP contribution in [0.5, 0.6) is 0 Å². The molecule has 1 aliphatic heterocycles. The molecule has 1 aromatic heterocycles. The molecule has 4 rings (SSSR count). The fraction of sp³-hybridized carbons (Fsp3) is 0.304. The Morgan fingerprint density at radius 3 is 2.75 bits per heavy atom. The standard InChI is InChI=1S/C23H25N3OS/c1-16-11-12-21(17(2)13-16)26-23(19-14-28-15-20(19)25-26)24-22(27)10-6-9-18-7-4-3-5-8-18/h3-5,7-8,11-13H,6,9-10,14-15H2,1-2H3,(H,24,27). The van der Waals surface area contributed by atoms with E-state index in [0.29, 0.717) is 6.42 Å². The molecule has 2 heterocycles. The molecule has 0 atom stereocenters. The lowest BCUT2D eigenvalue weighted by atomic mass is 10.1. The summed E-state index contributed by atoms with van der Waals surface area (Å²) in [7, 11) is 0. The Hall–Kier alpha value is -2.53. The Labute approximate surface area is 170 Å². The Kier molecular flexibility index (Phi) is 5.53. The van der Waals surface area contributed by atoms with Crippen LogP contribution in [0.2, 0.25) is 0 Å². The van der Waals surface area contributed by atoms with Gasteiger partial charge in [0.2, 0.25) is 5.91 Å². The van der Waals surface area contributed by atoms with E-state index in [1.165, 1.54) is 16.7 Å². The molecule has 0 aliphatic carbocycles. The molecule has 5 heteroatoms. The lowest BCUT2D eigenvalue weighted by Gasteiger charge is -2.13. The minimum atomic E-state index is 0.0570. The van der Waals surface area contributed by atoms with Crippen molar-refractivity contribution in [3.8, 4) is 5.69 Å². The SMILES string of the molecule is Cc1ccc(-n2nc3c(c2NC(=O)CCCc2ccccc2)CSC3)c(C)c1. The third-order valence-electron chi connectivity index (χ3n) is 5.10. The molecule has 0 spiro atoms. The van der Waals surface area contributed by atoms with Gasteiger partial charge in [-0.25, -0.2) is 4.68 Å². The number of nitrogens with zero attached hydrogens (tertiary/aromatic N) is 2. The molecular weight excluding hydrogens is 366 g/mol. The molecular formula is C23H25N3OS. The van der Waals surface area contributed by atoms with Gasteiger partial charge in [0.05, 0.1) is 11.4 Å². The van der Waals surface area contributed by atoms with E-state index in [9.17, 15) is 4.79 Å². The molecule has 0 saturated heterocycles. The van der Waals surface area contributed by atoms with Crippen molar-refractivity contribution >= 4 is 23.5 Å². The van der Waals surface area contributed by atoms with E-state index in [1.54, 1.807) is 0 Å². The highest BCUT2D eigenvalue weighted by molar-refractivity contribution is 7.98. The smallest absolute Gasteiger partial charge is 0.225 e. The normalized spacial score (nSPS) is 12.8. The number of carbonyl (C=O) groups excluding carboxylic acids is 1. The van der Waals surface area contributed by atoms with Crippen LogP contribution in [0.3, 0.4) is 0 Å². The molecule has 0 fully saturated rings. The molecule has 0 radical (unpaired) electrons. The van der Waals surface area contributed by atoms with Crippen LogP contribution in [0.1, 0.15) is 40.8 Å². The van der Waals surface area contributed by atoms with Crippen molar-refractivity contribution < 1.29 is 4.79 Å². The number of hydrogen-bond donors (Lipinski definition) is 1. The second-order valence-corrected chi connectivity index (χ2v) is 8.34. The molecule has 28 heavy (non-hydrogen) atoms. The quantitative estimate of drug-likeness (QED) is 0.628. The average molecular weight is 392 g/mol. The van der Waals surface area contributed by atoms with Gasteiger partial charge in [0.25, 0.3) is 0 Å². The molecule has 1 amide bonds. The van der Waals surface area contributed by atoms with Gasteiger partial charge in [-0.3, -0.25) is 4.79 Å². The number of amides is 1.